The van der Waals surface area contributed by atoms with Gasteiger partial charge in [-0.25, -0.2) is 9.37 Å². The Labute approximate surface area is 96.8 Å². The number of fused-ring (bicyclic) bond motifs is 1. The molecule has 0 aliphatic heterocycles. The molecule has 1 aromatic carbocycles. The van der Waals surface area contributed by atoms with Crippen molar-refractivity contribution in [3.05, 3.63) is 39.3 Å². The first-order valence-electron chi connectivity index (χ1n) is 4.42. The molecule has 2 aromatic rings. The summed E-state index contributed by atoms with van der Waals surface area (Å²) in [5, 5.41) is 0.990. The molecule has 4 heteroatoms. The van der Waals surface area contributed by atoms with Gasteiger partial charge in [-0.05, 0) is 31.5 Å². The summed E-state index contributed by atoms with van der Waals surface area (Å²) in [4.78, 5) is 4.10. The van der Waals surface area contributed by atoms with Crippen LogP contribution >= 0.6 is 23.2 Å². The highest BCUT2D eigenvalue weighted by atomic mass is 35.5. The van der Waals surface area contributed by atoms with Gasteiger partial charge in [-0.3, -0.25) is 0 Å². The third kappa shape index (κ3) is 1.68. The van der Waals surface area contributed by atoms with Gasteiger partial charge < -0.3 is 0 Å². The molecule has 0 aliphatic carbocycles. The summed E-state index contributed by atoms with van der Waals surface area (Å²) in [5.74, 6) is -0.359. The smallest absolute Gasteiger partial charge is 0.134 e. The van der Waals surface area contributed by atoms with E-state index in [1.807, 2.05) is 0 Å². The number of nitrogens with zero attached hydrogens (tertiary/aromatic N) is 1. The average Bonchev–Trinajstić information content (AvgIpc) is 2.13. The van der Waals surface area contributed by atoms with Gasteiger partial charge in [0, 0.05) is 5.56 Å². The Morgan fingerprint density at radius 2 is 1.87 bits per heavy atom. The molecule has 1 nitrogen and oxygen atoms in total. The second-order valence-electron chi connectivity index (χ2n) is 3.48. The van der Waals surface area contributed by atoms with Crippen LogP contribution in [-0.4, -0.2) is 4.98 Å². The minimum atomic E-state index is -0.359. The van der Waals surface area contributed by atoms with E-state index in [2.05, 4.69) is 4.98 Å². The number of benzene rings is 1. The Hall–Kier alpha value is -0.860. The molecule has 2 rings (SSSR count). The molecule has 0 atom stereocenters. The molecule has 0 spiro atoms. The Balaban J connectivity index is 2.99. The summed E-state index contributed by atoms with van der Waals surface area (Å²) in [6, 6.07) is 3.19. The van der Waals surface area contributed by atoms with Crippen molar-refractivity contribution in [3.63, 3.8) is 0 Å². The highest BCUT2D eigenvalue weighted by molar-refractivity contribution is 6.39. The van der Waals surface area contributed by atoms with E-state index in [1.54, 1.807) is 19.9 Å². The first-order valence-corrected chi connectivity index (χ1v) is 5.17. The van der Waals surface area contributed by atoms with E-state index in [9.17, 15) is 4.39 Å². The van der Waals surface area contributed by atoms with Gasteiger partial charge in [-0.2, -0.15) is 0 Å². The Kier molecular flexibility index (Phi) is 2.57. The van der Waals surface area contributed by atoms with E-state index in [-0.39, 0.29) is 5.82 Å². The standard InChI is InChI=1S/C11H8Cl2FN/c1-5-3-7(14)9-8(4-5)15-11(13)6(2)10(9)12/h3-4H,1-2H3. The first kappa shape index (κ1) is 10.7. The van der Waals surface area contributed by atoms with Crippen molar-refractivity contribution in [1.29, 1.82) is 0 Å². The third-order valence-electron chi connectivity index (χ3n) is 2.29. The van der Waals surface area contributed by atoms with Crippen LogP contribution in [0.15, 0.2) is 12.1 Å². The van der Waals surface area contributed by atoms with Crippen LogP contribution in [0.1, 0.15) is 11.1 Å². The number of pyridine rings is 1. The molecule has 1 aromatic heterocycles. The van der Waals surface area contributed by atoms with Gasteiger partial charge in [0.2, 0.25) is 0 Å². The number of aryl methyl sites for hydroxylation is 1. The van der Waals surface area contributed by atoms with E-state index in [4.69, 9.17) is 23.2 Å². The van der Waals surface area contributed by atoms with Gasteiger partial charge in [-0.15, -0.1) is 0 Å². The van der Waals surface area contributed by atoms with E-state index >= 15 is 0 Å². The lowest BCUT2D eigenvalue weighted by molar-refractivity contribution is 0.638. The molecule has 0 saturated carbocycles. The van der Waals surface area contributed by atoms with Gasteiger partial charge in [0.25, 0.3) is 0 Å². The van der Waals surface area contributed by atoms with Crippen LogP contribution < -0.4 is 0 Å². The van der Waals surface area contributed by atoms with Crippen LogP contribution in [0, 0.1) is 19.7 Å². The van der Waals surface area contributed by atoms with Crippen LogP contribution in [0.25, 0.3) is 10.9 Å². The Bertz CT molecular complexity index is 552. The first-order chi connectivity index (χ1) is 7.00. The molecule has 0 unspecified atom stereocenters. The van der Waals surface area contributed by atoms with Crippen molar-refractivity contribution >= 4 is 34.1 Å². The lowest BCUT2D eigenvalue weighted by Crippen LogP contribution is -1.91. The van der Waals surface area contributed by atoms with E-state index in [0.29, 0.717) is 26.6 Å². The molecule has 0 bridgehead atoms. The van der Waals surface area contributed by atoms with Gasteiger partial charge in [0.15, 0.2) is 0 Å². The summed E-state index contributed by atoms with van der Waals surface area (Å²) in [7, 11) is 0. The topological polar surface area (TPSA) is 12.9 Å². The quantitative estimate of drug-likeness (QED) is 0.629. The van der Waals surface area contributed by atoms with Crippen molar-refractivity contribution < 1.29 is 4.39 Å². The van der Waals surface area contributed by atoms with Gasteiger partial charge in [0.1, 0.15) is 11.0 Å². The molecule has 0 saturated heterocycles. The lowest BCUT2D eigenvalue weighted by atomic mass is 10.1. The number of rotatable bonds is 0. The fraction of sp³-hybridized carbons (Fsp3) is 0.182. The van der Waals surface area contributed by atoms with Gasteiger partial charge in [-0.1, -0.05) is 23.2 Å². The number of hydrogen-bond acceptors (Lipinski definition) is 1. The summed E-state index contributed by atoms with van der Waals surface area (Å²) in [6.45, 7) is 3.52. The highest BCUT2D eigenvalue weighted by Crippen LogP contribution is 2.32. The average molecular weight is 244 g/mol. The van der Waals surface area contributed by atoms with Gasteiger partial charge in [0.05, 0.1) is 15.9 Å². The minimum Gasteiger partial charge on any atom is -0.236 e. The largest absolute Gasteiger partial charge is 0.236 e. The molecular weight excluding hydrogens is 236 g/mol. The monoisotopic (exact) mass is 243 g/mol. The zero-order valence-corrected chi connectivity index (χ0v) is 9.75. The maximum absolute atomic E-state index is 13.7. The molecule has 78 valence electrons. The van der Waals surface area contributed by atoms with Crippen molar-refractivity contribution in [2.45, 2.75) is 13.8 Å². The maximum Gasteiger partial charge on any atom is 0.134 e. The zero-order chi connectivity index (χ0) is 11.2. The predicted octanol–water partition coefficient (Wildman–Crippen LogP) is 4.30. The predicted molar refractivity (Wildman–Crippen MR) is 61.2 cm³/mol. The molecular formula is C11H8Cl2FN. The van der Waals surface area contributed by atoms with Crippen LogP contribution in [0.5, 0.6) is 0 Å². The SMILES string of the molecule is Cc1cc(F)c2c(Cl)c(C)c(Cl)nc2c1. The second-order valence-corrected chi connectivity index (χ2v) is 4.22. The van der Waals surface area contributed by atoms with Crippen molar-refractivity contribution in [3.8, 4) is 0 Å². The molecule has 0 radical (unpaired) electrons. The molecule has 0 amide bonds. The number of hydrogen-bond donors (Lipinski definition) is 0. The van der Waals surface area contributed by atoms with Crippen LogP contribution in [-0.2, 0) is 0 Å². The number of halogens is 3. The zero-order valence-electron chi connectivity index (χ0n) is 8.24. The van der Waals surface area contributed by atoms with Crippen molar-refractivity contribution in [1.82, 2.24) is 4.98 Å². The lowest BCUT2D eigenvalue weighted by Gasteiger charge is -2.07. The van der Waals surface area contributed by atoms with E-state index < -0.39 is 0 Å². The fourth-order valence-electron chi connectivity index (χ4n) is 1.50. The minimum absolute atomic E-state index is 0.317. The number of aromatic nitrogens is 1. The summed E-state index contributed by atoms with van der Waals surface area (Å²) >= 11 is 11.9. The third-order valence-corrected chi connectivity index (χ3v) is 3.13. The van der Waals surface area contributed by atoms with E-state index in [1.165, 1.54) is 6.07 Å². The molecule has 1 heterocycles. The Morgan fingerprint density at radius 1 is 1.20 bits per heavy atom. The molecule has 15 heavy (non-hydrogen) atoms. The Morgan fingerprint density at radius 3 is 2.53 bits per heavy atom. The maximum atomic E-state index is 13.7. The van der Waals surface area contributed by atoms with Crippen LogP contribution in [0.4, 0.5) is 4.39 Å². The van der Waals surface area contributed by atoms with Crippen LogP contribution in [0.3, 0.4) is 0 Å². The summed E-state index contributed by atoms with van der Waals surface area (Å²) < 4.78 is 13.7. The molecule has 0 N–H and O–H groups in total. The normalized spacial score (nSPS) is 11.0. The van der Waals surface area contributed by atoms with Crippen molar-refractivity contribution in [2.75, 3.05) is 0 Å². The van der Waals surface area contributed by atoms with Crippen molar-refractivity contribution in [2.24, 2.45) is 0 Å². The van der Waals surface area contributed by atoms with E-state index in [0.717, 1.165) is 5.56 Å². The highest BCUT2D eigenvalue weighted by Gasteiger charge is 2.12. The second kappa shape index (κ2) is 3.62. The summed E-state index contributed by atoms with van der Waals surface area (Å²) in [6.07, 6.45) is 0. The fourth-order valence-corrected chi connectivity index (χ4v) is 2.01. The van der Waals surface area contributed by atoms with Gasteiger partial charge >= 0.3 is 0 Å². The van der Waals surface area contributed by atoms with Crippen LogP contribution in [0.2, 0.25) is 10.2 Å². The summed E-state index contributed by atoms with van der Waals surface area (Å²) in [5.41, 5.74) is 1.89. The molecule has 0 aliphatic rings. The molecule has 0 fully saturated rings.